The molecule has 0 fully saturated rings. The number of hydrogen-bond acceptors (Lipinski definition) is 2. The third-order valence-electron chi connectivity index (χ3n) is 3.01. The van der Waals surface area contributed by atoms with Crippen LogP contribution in [0.25, 0.3) is 11.1 Å². The van der Waals surface area contributed by atoms with Gasteiger partial charge >= 0.3 is 0 Å². The van der Waals surface area contributed by atoms with Crippen molar-refractivity contribution in [2.24, 2.45) is 0 Å². The molecule has 2 rings (SSSR count). The molecule has 0 radical (unpaired) electrons. The van der Waals surface area contributed by atoms with E-state index in [0.717, 1.165) is 16.9 Å². The molecule has 1 aromatic carbocycles. The van der Waals surface area contributed by atoms with Crippen molar-refractivity contribution in [2.75, 3.05) is 5.73 Å². The fourth-order valence-electron chi connectivity index (χ4n) is 1.79. The van der Waals surface area contributed by atoms with Crippen LogP contribution < -0.4 is 5.73 Å². The molecule has 0 bridgehead atoms. The minimum absolute atomic E-state index is 0.533. The first-order valence-corrected chi connectivity index (χ1v) is 5.90. The fraction of sp³-hybridized carbons (Fsp3) is 0.267. The number of hydrogen-bond donors (Lipinski definition) is 1. The topological polar surface area (TPSA) is 38.9 Å². The summed E-state index contributed by atoms with van der Waals surface area (Å²) in [7, 11) is 0. The Labute approximate surface area is 103 Å². The molecule has 2 N–H and O–H groups in total. The molecule has 0 saturated heterocycles. The highest BCUT2D eigenvalue weighted by Gasteiger charge is 2.04. The van der Waals surface area contributed by atoms with Gasteiger partial charge in [-0.1, -0.05) is 38.1 Å². The largest absolute Gasteiger partial charge is 0.397 e. The van der Waals surface area contributed by atoms with Crippen molar-refractivity contribution in [3.8, 4) is 11.1 Å². The Bertz CT molecular complexity index is 530. The molecule has 1 heterocycles. The SMILES string of the molecule is Cc1ncc(-c2cccc(C(C)C)c2)cc1N. The predicted octanol–water partition coefficient (Wildman–Crippen LogP) is 3.76. The first-order chi connectivity index (χ1) is 8.08. The molecule has 88 valence electrons. The van der Waals surface area contributed by atoms with E-state index in [-0.39, 0.29) is 0 Å². The quantitative estimate of drug-likeness (QED) is 0.846. The van der Waals surface area contributed by atoms with Crippen molar-refractivity contribution < 1.29 is 0 Å². The number of nitrogens with zero attached hydrogens (tertiary/aromatic N) is 1. The average Bonchev–Trinajstić information content (AvgIpc) is 2.33. The summed E-state index contributed by atoms with van der Waals surface area (Å²) in [6.45, 7) is 6.31. The van der Waals surface area contributed by atoms with E-state index in [1.165, 1.54) is 11.1 Å². The standard InChI is InChI=1S/C15H18N2/c1-10(2)12-5-4-6-13(7-12)14-8-15(16)11(3)17-9-14/h4-10H,16H2,1-3H3. The third kappa shape index (κ3) is 2.47. The monoisotopic (exact) mass is 226 g/mol. The zero-order chi connectivity index (χ0) is 12.4. The second kappa shape index (κ2) is 4.58. The number of aryl methyl sites for hydroxylation is 1. The highest BCUT2D eigenvalue weighted by Crippen LogP contribution is 2.25. The van der Waals surface area contributed by atoms with Crippen LogP contribution in [0.4, 0.5) is 5.69 Å². The lowest BCUT2D eigenvalue weighted by molar-refractivity contribution is 0.867. The van der Waals surface area contributed by atoms with E-state index < -0.39 is 0 Å². The maximum absolute atomic E-state index is 5.89. The average molecular weight is 226 g/mol. The van der Waals surface area contributed by atoms with E-state index >= 15 is 0 Å². The van der Waals surface area contributed by atoms with Gasteiger partial charge in [-0.25, -0.2) is 0 Å². The molecule has 2 aromatic rings. The molecular weight excluding hydrogens is 208 g/mol. The minimum atomic E-state index is 0.533. The number of rotatable bonds is 2. The van der Waals surface area contributed by atoms with Crippen molar-refractivity contribution in [1.82, 2.24) is 4.98 Å². The third-order valence-corrected chi connectivity index (χ3v) is 3.01. The number of pyridine rings is 1. The molecule has 0 atom stereocenters. The molecule has 0 aliphatic rings. The van der Waals surface area contributed by atoms with Gasteiger partial charge < -0.3 is 5.73 Å². The Morgan fingerprint density at radius 3 is 2.53 bits per heavy atom. The molecule has 0 amide bonds. The van der Waals surface area contributed by atoms with Crippen LogP contribution in [0.3, 0.4) is 0 Å². The van der Waals surface area contributed by atoms with Gasteiger partial charge in [-0.2, -0.15) is 0 Å². The molecule has 0 aliphatic carbocycles. The van der Waals surface area contributed by atoms with Gasteiger partial charge in [0.2, 0.25) is 0 Å². The lowest BCUT2D eigenvalue weighted by Crippen LogP contribution is -1.94. The number of benzene rings is 1. The lowest BCUT2D eigenvalue weighted by Gasteiger charge is -2.09. The van der Waals surface area contributed by atoms with Crippen molar-refractivity contribution in [3.63, 3.8) is 0 Å². The Morgan fingerprint density at radius 1 is 1.12 bits per heavy atom. The smallest absolute Gasteiger partial charge is 0.0602 e. The van der Waals surface area contributed by atoms with Gasteiger partial charge in [-0.05, 0) is 30.0 Å². The highest BCUT2D eigenvalue weighted by atomic mass is 14.7. The van der Waals surface area contributed by atoms with Crippen LogP contribution in [0.15, 0.2) is 36.5 Å². The maximum atomic E-state index is 5.89. The number of nitrogens with two attached hydrogens (primary N) is 1. The highest BCUT2D eigenvalue weighted by molar-refractivity contribution is 5.67. The summed E-state index contributed by atoms with van der Waals surface area (Å²) in [5.41, 5.74) is 11.1. The molecule has 0 unspecified atom stereocenters. The molecular formula is C15H18N2. The number of anilines is 1. The van der Waals surface area contributed by atoms with E-state index in [4.69, 9.17) is 5.73 Å². The van der Waals surface area contributed by atoms with Crippen molar-refractivity contribution in [2.45, 2.75) is 26.7 Å². The van der Waals surface area contributed by atoms with Crippen LogP contribution in [-0.2, 0) is 0 Å². The molecule has 2 nitrogen and oxygen atoms in total. The van der Waals surface area contributed by atoms with Gasteiger partial charge in [0, 0.05) is 11.8 Å². The minimum Gasteiger partial charge on any atom is -0.397 e. The van der Waals surface area contributed by atoms with E-state index in [1.807, 2.05) is 19.2 Å². The second-order valence-electron chi connectivity index (χ2n) is 4.68. The molecule has 0 saturated carbocycles. The Balaban J connectivity index is 2.45. The first kappa shape index (κ1) is 11.6. The van der Waals surface area contributed by atoms with Crippen LogP contribution in [0, 0.1) is 6.92 Å². The molecule has 17 heavy (non-hydrogen) atoms. The second-order valence-corrected chi connectivity index (χ2v) is 4.68. The fourth-order valence-corrected chi connectivity index (χ4v) is 1.79. The van der Waals surface area contributed by atoms with Gasteiger partial charge in [-0.15, -0.1) is 0 Å². The van der Waals surface area contributed by atoms with Crippen LogP contribution in [-0.4, -0.2) is 4.98 Å². The maximum Gasteiger partial charge on any atom is 0.0602 e. The van der Waals surface area contributed by atoms with E-state index in [0.29, 0.717) is 5.92 Å². The first-order valence-electron chi connectivity index (χ1n) is 5.90. The summed E-state index contributed by atoms with van der Waals surface area (Å²) in [4.78, 5) is 4.30. The molecule has 1 aromatic heterocycles. The van der Waals surface area contributed by atoms with Crippen molar-refractivity contribution in [3.05, 3.63) is 47.8 Å². The Morgan fingerprint density at radius 2 is 1.88 bits per heavy atom. The normalized spacial score (nSPS) is 10.8. The van der Waals surface area contributed by atoms with Crippen LogP contribution >= 0.6 is 0 Å². The summed E-state index contributed by atoms with van der Waals surface area (Å²) in [5, 5.41) is 0. The summed E-state index contributed by atoms with van der Waals surface area (Å²) in [5.74, 6) is 0.533. The van der Waals surface area contributed by atoms with E-state index in [2.05, 4.69) is 43.1 Å². The number of nitrogen functional groups attached to an aromatic ring is 1. The summed E-state index contributed by atoms with van der Waals surface area (Å²) in [6, 6.07) is 10.5. The van der Waals surface area contributed by atoms with E-state index in [9.17, 15) is 0 Å². The molecule has 2 heteroatoms. The molecule has 0 spiro atoms. The zero-order valence-corrected chi connectivity index (χ0v) is 10.6. The Hall–Kier alpha value is -1.83. The number of aromatic nitrogens is 1. The van der Waals surface area contributed by atoms with Gasteiger partial charge in [0.25, 0.3) is 0 Å². The Kier molecular flexibility index (Phi) is 3.14. The van der Waals surface area contributed by atoms with Crippen LogP contribution in [0.1, 0.15) is 31.0 Å². The van der Waals surface area contributed by atoms with Gasteiger partial charge in [0.05, 0.1) is 11.4 Å². The van der Waals surface area contributed by atoms with Crippen LogP contribution in [0.5, 0.6) is 0 Å². The van der Waals surface area contributed by atoms with Crippen molar-refractivity contribution in [1.29, 1.82) is 0 Å². The van der Waals surface area contributed by atoms with Crippen LogP contribution in [0.2, 0.25) is 0 Å². The van der Waals surface area contributed by atoms with Gasteiger partial charge in [0.15, 0.2) is 0 Å². The lowest BCUT2D eigenvalue weighted by atomic mass is 9.98. The van der Waals surface area contributed by atoms with Gasteiger partial charge in [-0.3, -0.25) is 4.98 Å². The summed E-state index contributed by atoms with van der Waals surface area (Å²) in [6.07, 6.45) is 1.88. The zero-order valence-electron chi connectivity index (χ0n) is 10.6. The van der Waals surface area contributed by atoms with E-state index in [1.54, 1.807) is 0 Å². The van der Waals surface area contributed by atoms with Crippen molar-refractivity contribution >= 4 is 5.69 Å². The van der Waals surface area contributed by atoms with Gasteiger partial charge in [0.1, 0.15) is 0 Å². The summed E-state index contributed by atoms with van der Waals surface area (Å²) >= 11 is 0. The summed E-state index contributed by atoms with van der Waals surface area (Å²) < 4.78 is 0. The predicted molar refractivity (Wildman–Crippen MR) is 72.9 cm³/mol. The molecule has 0 aliphatic heterocycles.